The van der Waals surface area contributed by atoms with Gasteiger partial charge >= 0.3 is 5.97 Å². The minimum atomic E-state index is -0.880. The van der Waals surface area contributed by atoms with Gasteiger partial charge in [-0.15, -0.1) is 0 Å². The third kappa shape index (κ3) is 3.18. The normalized spacial score (nSPS) is 15.4. The Morgan fingerprint density at radius 1 is 1.26 bits per heavy atom. The number of furan rings is 1. The molecule has 1 aliphatic heterocycles. The van der Waals surface area contributed by atoms with Crippen molar-refractivity contribution in [2.24, 2.45) is 0 Å². The molecule has 27 heavy (non-hydrogen) atoms. The van der Waals surface area contributed by atoms with Gasteiger partial charge in [0.05, 0.1) is 6.33 Å². The van der Waals surface area contributed by atoms with Gasteiger partial charge in [0.1, 0.15) is 17.6 Å². The Kier molecular flexibility index (Phi) is 4.39. The third-order valence-electron chi connectivity index (χ3n) is 4.72. The molecule has 4 rings (SSSR count). The summed E-state index contributed by atoms with van der Waals surface area (Å²) in [5, 5.41) is 0.740. The molecule has 2 aromatic heterocycles. The van der Waals surface area contributed by atoms with Crippen LogP contribution in [-0.2, 0) is 20.9 Å². The Bertz CT molecular complexity index is 1080. The maximum atomic E-state index is 12.6. The van der Waals surface area contributed by atoms with Crippen molar-refractivity contribution in [1.29, 1.82) is 0 Å². The van der Waals surface area contributed by atoms with E-state index in [-0.39, 0.29) is 18.0 Å². The maximum absolute atomic E-state index is 12.6. The molecule has 1 amide bonds. The third-order valence-corrected chi connectivity index (χ3v) is 4.72. The van der Waals surface area contributed by atoms with Crippen LogP contribution in [0.15, 0.2) is 39.8 Å². The van der Waals surface area contributed by atoms with Crippen molar-refractivity contribution >= 4 is 33.9 Å². The van der Waals surface area contributed by atoms with Gasteiger partial charge in [-0.1, -0.05) is 12.1 Å². The summed E-state index contributed by atoms with van der Waals surface area (Å²) in [6, 6.07) is 7.21. The Morgan fingerprint density at radius 2 is 2.00 bits per heavy atom. The van der Waals surface area contributed by atoms with E-state index in [1.54, 1.807) is 24.0 Å². The first-order chi connectivity index (χ1) is 13.0. The van der Waals surface area contributed by atoms with Crippen LogP contribution in [0.3, 0.4) is 0 Å². The lowest BCUT2D eigenvalue weighted by atomic mass is 10.2. The average molecular weight is 369 g/mol. The molecule has 3 heterocycles. The van der Waals surface area contributed by atoms with Crippen LogP contribution in [-0.4, -0.2) is 45.5 Å². The molecule has 1 fully saturated rings. The van der Waals surface area contributed by atoms with Crippen LogP contribution in [0.5, 0.6) is 0 Å². The number of hydrogen-bond acceptors (Lipinski definition) is 6. The highest BCUT2D eigenvalue weighted by Gasteiger charge is 2.26. The standard InChI is InChI=1S/C19H19N3O5/c1-12(18(24)21-8-4-5-9-21)26-15(23)10-22-11-20-16-13-6-2-3-7-14(13)27-17(16)19(22)25/h2-3,6-7,11-12H,4-5,8-10H2,1H3. The van der Waals surface area contributed by atoms with Crippen molar-refractivity contribution in [3.63, 3.8) is 0 Å². The SMILES string of the molecule is CC(OC(=O)Cn1cnc2c(oc3ccccc32)c1=O)C(=O)N1CCCC1. The summed E-state index contributed by atoms with van der Waals surface area (Å²) in [7, 11) is 0. The van der Waals surface area contributed by atoms with Gasteiger partial charge in [0, 0.05) is 18.5 Å². The van der Waals surface area contributed by atoms with Crippen LogP contribution in [0.1, 0.15) is 19.8 Å². The molecule has 0 saturated carbocycles. The Morgan fingerprint density at radius 3 is 2.78 bits per heavy atom. The van der Waals surface area contributed by atoms with Gasteiger partial charge in [-0.3, -0.25) is 19.0 Å². The summed E-state index contributed by atoms with van der Waals surface area (Å²) in [5.74, 6) is -0.881. The smallest absolute Gasteiger partial charge is 0.326 e. The lowest BCUT2D eigenvalue weighted by Crippen LogP contribution is -2.39. The first-order valence-corrected chi connectivity index (χ1v) is 8.89. The van der Waals surface area contributed by atoms with Gasteiger partial charge in [0.15, 0.2) is 6.10 Å². The molecule has 0 bridgehead atoms. The van der Waals surface area contributed by atoms with E-state index in [9.17, 15) is 14.4 Å². The predicted octanol–water partition coefficient (Wildman–Crippen LogP) is 1.70. The molecule has 0 N–H and O–H groups in total. The maximum Gasteiger partial charge on any atom is 0.326 e. The summed E-state index contributed by atoms with van der Waals surface area (Å²) in [6.45, 7) is 2.58. The number of para-hydroxylation sites is 1. The molecule has 3 aromatic rings. The molecule has 8 nitrogen and oxygen atoms in total. The van der Waals surface area contributed by atoms with Crippen molar-refractivity contribution in [3.8, 4) is 0 Å². The lowest BCUT2D eigenvalue weighted by Gasteiger charge is -2.20. The molecule has 0 aliphatic carbocycles. The highest BCUT2D eigenvalue weighted by atomic mass is 16.5. The van der Waals surface area contributed by atoms with Gasteiger partial charge in [-0.25, -0.2) is 4.98 Å². The molecule has 8 heteroatoms. The minimum Gasteiger partial charge on any atom is -0.451 e. The number of benzene rings is 1. The molecule has 0 spiro atoms. The van der Waals surface area contributed by atoms with Crippen molar-refractivity contribution in [3.05, 3.63) is 40.9 Å². The minimum absolute atomic E-state index is 0.0905. The number of likely N-dealkylation sites (tertiary alicyclic amines) is 1. The Balaban J connectivity index is 1.51. The number of rotatable bonds is 4. The van der Waals surface area contributed by atoms with Crippen LogP contribution >= 0.6 is 0 Å². The number of fused-ring (bicyclic) bond motifs is 3. The largest absolute Gasteiger partial charge is 0.451 e. The molecular weight excluding hydrogens is 350 g/mol. The summed E-state index contributed by atoms with van der Waals surface area (Å²) in [4.78, 5) is 43.0. The second-order valence-corrected chi connectivity index (χ2v) is 6.62. The number of carbonyl (C=O) groups is 2. The number of carbonyl (C=O) groups excluding carboxylic acids is 2. The van der Waals surface area contributed by atoms with E-state index in [1.807, 2.05) is 12.1 Å². The van der Waals surface area contributed by atoms with Crippen molar-refractivity contribution in [1.82, 2.24) is 14.5 Å². The number of ether oxygens (including phenoxy) is 1. The van der Waals surface area contributed by atoms with E-state index in [4.69, 9.17) is 9.15 Å². The zero-order chi connectivity index (χ0) is 19.0. The summed E-state index contributed by atoms with van der Waals surface area (Å²) in [6.07, 6.45) is 2.34. The second-order valence-electron chi connectivity index (χ2n) is 6.62. The van der Waals surface area contributed by atoms with Gasteiger partial charge in [-0.05, 0) is 31.9 Å². The van der Waals surface area contributed by atoms with E-state index in [1.165, 1.54) is 6.33 Å². The Hall–Kier alpha value is -3.16. The van der Waals surface area contributed by atoms with E-state index in [0.29, 0.717) is 24.2 Å². The van der Waals surface area contributed by atoms with Crippen LogP contribution in [0.4, 0.5) is 0 Å². The quantitative estimate of drug-likeness (QED) is 0.650. The molecule has 1 aliphatic rings. The van der Waals surface area contributed by atoms with E-state index in [2.05, 4.69) is 4.98 Å². The van der Waals surface area contributed by atoms with Crippen LogP contribution in [0.25, 0.3) is 22.1 Å². The van der Waals surface area contributed by atoms with Crippen LogP contribution in [0.2, 0.25) is 0 Å². The molecule has 1 unspecified atom stereocenters. The number of aromatic nitrogens is 2. The van der Waals surface area contributed by atoms with E-state index in [0.717, 1.165) is 22.8 Å². The van der Waals surface area contributed by atoms with Gasteiger partial charge in [0.25, 0.3) is 11.5 Å². The predicted molar refractivity (Wildman–Crippen MR) is 97.1 cm³/mol. The summed E-state index contributed by atoms with van der Waals surface area (Å²) < 4.78 is 11.9. The summed E-state index contributed by atoms with van der Waals surface area (Å²) >= 11 is 0. The monoisotopic (exact) mass is 369 g/mol. The number of amides is 1. The molecule has 0 radical (unpaired) electrons. The zero-order valence-electron chi connectivity index (χ0n) is 14.9. The molecule has 140 valence electrons. The van der Waals surface area contributed by atoms with Crippen molar-refractivity contribution in [2.75, 3.05) is 13.1 Å². The fourth-order valence-corrected chi connectivity index (χ4v) is 3.35. The van der Waals surface area contributed by atoms with E-state index < -0.39 is 17.6 Å². The number of nitrogens with zero attached hydrogens (tertiary/aromatic N) is 3. The molecular formula is C19H19N3O5. The van der Waals surface area contributed by atoms with Crippen molar-refractivity contribution in [2.45, 2.75) is 32.4 Å². The number of hydrogen-bond donors (Lipinski definition) is 0. The zero-order valence-corrected chi connectivity index (χ0v) is 14.9. The molecule has 1 atom stereocenters. The average Bonchev–Trinajstić information content (AvgIpc) is 3.31. The highest BCUT2D eigenvalue weighted by Crippen LogP contribution is 2.24. The Labute approximate surface area is 154 Å². The van der Waals surface area contributed by atoms with Crippen LogP contribution < -0.4 is 5.56 Å². The topological polar surface area (TPSA) is 94.6 Å². The van der Waals surface area contributed by atoms with E-state index >= 15 is 0 Å². The fourth-order valence-electron chi connectivity index (χ4n) is 3.35. The fraction of sp³-hybridized carbons (Fsp3) is 0.368. The van der Waals surface area contributed by atoms with Gasteiger partial charge in [0.2, 0.25) is 5.58 Å². The van der Waals surface area contributed by atoms with Gasteiger partial charge in [-0.2, -0.15) is 0 Å². The van der Waals surface area contributed by atoms with Crippen LogP contribution in [0, 0.1) is 0 Å². The number of esters is 1. The first-order valence-electron chi connectivity index (χ1n) is 8.89. The highest BCUT2D eigenvalue weighted by molar-refractivity contribution is 6.01. The van der Waals surface area contributed by atoms with Gasteiger partial charge < -0.3 is 14.1 Å². The van der Waals surface area contributed by atoms with Crippen molar-refractivity contribution < 1.29 is 18.7 Å². The summed E-state index contributed by atoms with van der Waals surface area (Å²) in [5.41, 5.74) is 0.638. The molecule has 1 aromatic carbocycles. The second kappa shape index (κ2) is 6.86. The first kappa shape index (κ1) is 17.3. The lowest BCUT2D eigenvalue weighted by molar-refractivity contribution is -0.159. The molecule has 1 saturated heterocycles.